The second-order valence-electron chi connectivity index (χ2n) is 5.83. The van der Waals surface area contributed by atoms with Crippen LogP contribution in [-0.2, 0) is 14.3 Å². The Labute approximate surface area is 134 Å². The molecule has 0 saturated carbocycles. The Hall–Kier alpha value is -2.64. The van der Waals surface area contributed by atoms with E-state index in [2.05, 4.69) is 4.74 Å². The number of amides is 1. The lowest BCUT2D eigenvalue weighted by Gasteiger charge is -2.30. The molecule has 0 aliphatic heterocycles. The Balaban J connectivity index is 3.28. The average Bonchev–Trinajstić information content (AvgIpc) is 2.44. The smallest absolute Gasteiger partial charge is 0.415 e. The largest absolute Gasteiger partial charge is 0.467 e. The van der Waals surface area contributed by atoms with Gasteiger partial charge in [0.05, 0.1) is 17.7 Å². The number of hydrogen-bond donors (Lipinski definition) is 0. The topological polar surface area (TPSA) is 99.0 Å². The molecule has 0 aliphatic carbocycles. The van der Waals surface area contributed by atoms with Crippen LogP contribution in [0.1, 0.15) is 27.7 Å². The molecule has 0 fully saturated rings. The maximum atomic E-state index is 12.4. The molecule has 1 rings (SSSR count). The minimum absolute atomic E-state index is 0.173. The molecule has 8 heteroatoms. The lowest BCUT2D eigenvalue weighted by molar-refractivity contribution is -0.384. The Morgan fingerprint density at radius 2 is 1.91 bits per heavy atom. The number of benzene rings is 1. The van der Waals surface area contributed by atoms with Gasteiger partial charge in [0.1, 0.15) is 11.6 Å². The minimum atomic E-state index is -1.00. The molecule has 0 heterocycles. The zero-order chi connectivity index (χ0) is 17.8. The number of anilines is 1. The highest BCUT2D eigenvalue weighted by molar-refractivity contribution is 5.95. The monoisotopic (exact) mass is 324 g/mol. The molecule has 1 aromatic rings. The summed E-state index contributed by atoms with van der Waals surface area (Å²) in [5, 5.41) is 10.9. The Kier molecular flexibility index (Phi) is 5.67. The fourth-order valence-electron chi connectivity index (χ4n) is 1.83. The number of carbonyl (C=O) groups excluding carboxylic acids is 2. The van der Waals surface area contributed by atoms with Crippen molar-refractivity contribution in [3.05, 3.63) is 34.4 Å². The summed E-state index contributed by atoms with van der Waals surface area (Å²) in [6.07, 6.45) is -0.795. The third-order valence-corrected chi connectivity index (χ3v) is 2.84. The number of hydrogen-bond acceptors (Lipinski definition) is 6. The first-order valence-corrected chi connectivity index (χ1v) is 6.91. The Morgan fingerprint density at radius 3 is 2.39 bits per heavy atom. The molecule has 1 aromatic carbocycles. The number of methoxy groups -OCH3 is 1. The van der Waals surface area contributed by atoms with E-state index in [1.165, 1.54) is 38.3 Å². The highest BCUT2D eigenvalue weighted by Crippen LogP contribution is 2.25. The van der Waals surface area contributed by atoms with Gasteiger partial charge in [-0.05, 0) is 33.8 Å². The highest BCUT2D eigenvalue weighted by atomic mass is 16.6. The zero-order valence-corrected chi connectivity index (χ0v) is 13.7. The van der Waals surface area contributed by atoms with Crippen molar-refractivity contribution in [1.29, 1.82) is 0 Å². The molecule has 0 N–H and O–H groups in total. The molecule has 0 bridgehead atoms. The van der Waals surface area contributed by atoms with Crippen LogP contribution in [0.25, 0.3) is 0 Å². The van der Waals surface area contributed by atoms with Gasteiger partial charge in [0.15, 0.2) is 0 Å². The van der Waals surface area contributed by atoms with Gasteiger partial charge in [-0.3, -0.25) is 15.0 Å². The molecule has 0 unspecified atom stereocenters. The van der Waals surface area contributed by atoms with Gasteiger partial charge in [-0.15, -0.1) is 0 Å². The van der Waals surface area contributed by atoms with Gasteiger partial charge < -0.3 is 9.47 Å². The molecule has 0 aromatic heterocycles. The van der Waals surface area contributed by atoms with Crippen molar-refractivity contribution in [1.82, 2.24) is 0 Å². The number of rotatable bonds is 4. The van der Waals surface area contributed by atoms with E-state index in [0.717, 1.165) is 4.90 Å². The summed E-state index contributed by atoms with van der Waals surface area (Å²) in [7, 11) is 1.19. The van der Waals surface area contributed by atoms with Gasteiger partial charge in [0.25, 0.3) is 5.69 Å². The lowest BCUT2D eigenvalue weighted by Crippen LogP contribution is -2.46. The van der Waals surface area contributed by atoms with Crippen molar-refractivity contribution in [2.24, 2.45) is 0 Å². The summed E-state index contributed by atoms with van der Waals surface area (Å²) < 4.78 is 9.93. The minimum Gasteiger partial charge on any atom is -0.467 e. The number of esters is 1. The molecule has 0 aliphatic rings. The van der Waals surface area contributed by atoms with Gasteiger partial charge >= 0.3 is 12.1 Å². The van der Waals surface area contributed by atoms with Crippen LogP contribution in [-0.4, -0.2) is 35.7 Å². The lowest BCUT2D eigenvalue weighted by atomic mass is 10.2. The number of nitro groups is 1. The number of ether oxygens (including phenoxy) is 2. The van der Waals surface area contributed by atoms with E-state index in [1.54, 1.807) is 20.8 Å². The van der Waals surface area contributed by atoms with Crippen molar-refractivity contribution in [3.63, 3.8) is 0 Å². The Morgan fingerprint density at radius 1 is 1.30 bits per heavy atom. The summed E-state index contributed by atoms with van der Waals surface area (Å²) in [6, 6.07) is 4.39. The molecule has 23 heavy (non-hydrogen) atoms. The maximum absolute atomic E-state index is 12.4. The van der Waals surface area contributed by atoms with Crippen molar-refractivity contribution in [2.75, 3.05) is 12.0 Å². The third kappa shape index (κ3) is 4.94. The molecule has 126 valence electrons. The second kappa shape index (κ2) is 7.08. The molecule has 0 radical (unpaired) electrons. The first-order valence-electron chi connectivity index (χ1n) is 6.91. The quantitative estimate of drug-likeness (QED) is 0.480. The molecular formula is C15H20N2O6. The number of carbonyl (C=O) groups is 2. The van der Waals surface area contributed by atoms with Crippen LogP contribution in [0.2, 0.25) is 0 Å². The number of nitrogens with zero attached hydrogens (tertiary/aromatic N) is 2. The summed E-state index contributed by atoms with van der Waals surface area (Å²) in [5.41, 5.74) is -0.814. The van der Waals surface area contributed by atoms with Crippen LogP contribution >= 0.6 is 0 Å². The van der Waals surface area contributed by atoms with E-state index in [4.69, 9.17) is 4.74 Å². The predicted molar refractivity (Wildman–Crippen MR) is 83.3 cm³/mol. The van der Waals surface area contributed by atoms with Gasteiger partial charge in [-0.25, -0.2) is 9.59 Å². The van der Waals surface area contributed by atoms with Crippen LogP contribution in [0.15, 0.2) is 24.3 Å². The first-order chi connectivity index (χ1) is 10.6. The van der Waals surface area contributed by atoms with Crippen molar-refractivity contribution in [3.8, 4) is 0 Å². The predicted octanol–water partition coefficient (Wildman–Crippen LogP) is 2.90. The van der Waals surface area contributed by atoms with Gasteiger partial charge in [0, 0.05) is 12.1 Å². The molecule has 0 spiro atoms. The molecule has 1 amide bonds. The summed E-state index contributed by atoms with van der Waals surface area (Å²) in [5.74, 6) is -0.664. The maximum Gasteiger partial charge on any atom is 0.415 e. The first kappa shape index (κ1) is 18.4. The van der Waals surface area contributed by atoms with E-state index in [-0.39, 0.29) is 11.4 Å². The second-order valence-corrected chi connectivity index (χ2v) is 5.83. The summed E-state index contributed by atoms with van der Waals surface area (Å²) in [4.78, 5) is 35.6. The molecule has 1 atom stereocenters. The van der Waals surface area contributed by atoms with Gasteiger partial charge in [-0.1, -0.05) is 6.07 Å². The highest BCUT2D eigenvalue weighted by Gasteiger charge is 2.32. The van der Waals surface area contributed by atoms with Crippen LogP contribution in [0.5, 0.6) is 0 Å². The van der Waals surface area contributed by atoms with Gasteiger partial charge in [-0.2, -0.15) is 0 Å². The third-order valence-electron chi connectivity index (χ3n) is 2.84. The van der Waals surface area contributed by atoms with E-state index < -0.39 is 28.6 Å². The van der Waals surface area contributed by atoms with Crippen LogP contribution in [0, 0.1) is 10.1 Å². The fraction of sp³-hybridized carbons (Fsp3) is 0.467. The molecule has 0 saturated heterocycles. The van der Waals surface area contributed by atoms with Crippen molar-refractivity contribution < 1.29 is 24.0 Å². The average molecular weight is 324 g/mol. The summed E-state index contributed by atoms with van der Waals surface area (Å²) in [6.45, 7) is 6.49. The van der Waals surface area contributed by atoms with Crippen LogP contribution in [0.4, 0.5) is 16.2 Å². The standard InChI is InChI=1S/C15H20N2O6/c1-10(13(18)22-5)16(14(19)23-15(2,3)4)11-7-6-8-12(9-11)17(20)21/h6-10H,1-5H3/t10-/m0/s1. The normalized spacial score (nSPS) is 12.2. The SMILES string of the molecule is COC(=O)[C@H](C)N(C(=O)OC(C)(C)C)c1cccc([N+](=O)[O-])c1. The molecule has 8 nitrogen and oxygen atoms in total. The van der Waals surface area contributed by atoms with Crippen molar-refractivity contribution >= 4 is 23.4 Å². The fourth-order valence-corrected chi connectivity index (χ4v) is 1.83. The van der Waals surface area contributed by atoms with E-state index in [9.17, 15) is 19.7 Å². The van der Waals surface area contributed by atoms with Crippen LogP contribution in [0.3, 0.4) is 0 Å². The number of nitro benzene ring substituents is 1. The van der Waals surface area contributed by atoms with Crippen LogP contribution < -0.4 is 4.90 Å². The Bertz CT molecular complexity index is 608. The van der Waals surface area contributed by atoms with E-state index in [0.29, 0.717) is 0 Å². The van der Waals surface area contributed by atoms with Gasteiger partial charge in [0.2, 0.25) is 0 Å². The van der Waals surface area contributed by atoms with E-state index >= 15 is 0 Å². The van der Waals surface area contributed by atoms with E-state index in [1.807, 2.05) is 0 Å². The van der Waals surface area contributed by atoms with Crippen molar-refractivity contribution in [2.45, 2.75) is 39.3 Å². The summed E-state index contributed by atoms with van der Waals surface area (Å²) >= 11 is 0. The molecular weight excluding hydrogens is 304 g/mol. The number of non-ortho nitro benzene ring substituents is 1. The zero-order valence-electron chi connectivity index (χ0n) is 13.7.